The molecule has 8 heteroatoms. The Morgan fingerprint density at radius 1 is 1.04 bits per heavy atom. The lowest BCUT2D eigenvalue weighted by atomic mass is 9.92. The molecule has 7 nitrogen and oxygen atoms in total. The van der Waals surface area contributed by atoms with Gasteiger partial charge in [-0.25, -0.2) is 13.1 Å². The summed E-state index contributed by atoms with van der Waals surface area (Å²) in [5.74, 6) is 1.52. The van der Waals surface area contributed by atoms with Crippen molar-refractivity contribution in [3.05, 3.63) is 18.2 Å². The zero-order valence-electron chi connectivity index (χ0n) is 16.9. The van der Waals surface area contributed by atoms with Gasteiger partial charge in [0.25, 0.3) is 0 Å². The molecule has 158 valence electrons. The molecular weight excluding hydrogens is 380 g/mol. The van der Waals surface area contributed by atoms with Gasteiger partial charge in [0.15, 0.2) is 11.5 Å². The van der Waals surface area contributed by atoms with Gasteiger partial charge in [-0.15, -0.1) is 0 Å². The normalized spacial score (nSPS) is 19.4. The van der Waals surface area contributed by atoms with E-state index in [0.717, 1.165) is 32.4 Å². The highest BCUT2D eigenvalue weighted by Crippen LogP contribution is 2.32. The van der Waals surface area contributed by atoms with Crippen LogP contribution in [0.3, 0.4) is 0 Å². The molecule has 0 aromatic heterocycles. The van der Waals surface area contributed by atoms with Crippen molar-refractivity contribution in [2.24, 2.45) is 5.92 Å². The summed E-state index contributed by atoms with van der Waals surface area (Å²) in [4.78, 5) is 2.57. The van der Waals surface area contributed by atoms with Gasteiger partial charge in [-0.2, -0.15) is 0 Å². The molecule has 1 saturated heterocycles. The van der Waals surface area contributed by atoms with Crippen LogP contribution in [-0.4, -0.2) is 65.4 Å². The number of nitrogens with one attached hydrogen (secondary N) is 1. The van der Waals surface area contributed by atoms with Gasteiger partial charge in [-0.1, -0.05) is 26.7 Å². The Bertz CT molecular complexity index is 730. The summed E-state index contributed by atoms with van der Waals surface area (Å²) in [6.07, 6.45) is 2.82. The van der Waals surface area contributed by atoms with Gasteiger partial charge < -0.3 is 14.2 Å². The van der Waals surface area contributed by atoms with E-state index in [1.165, 1.54) is 0 Å². The Morgan fingerprint density at radius 3 is 2.39 bits per heavy atom. The molecule has 0 saturated carbocycles. The van der Waals surface area contributed by atoms with Gasteiger partial charge in [0.2, 0.25) is 10.0 Å². The van der Waals surface area contributed by atoms with E-state index in [-0.39, 0.29) is 10.9 Å². The van der Waals surface area contributed by atoms with Crippen LogP contribution in [-0.2, 0) is 14.8 Å². The summed E-state index contributed by atoms with van der Waals surface area (Å²) < 4.78 is 45.4. The van der Waals surface area contributed by atoms with Gasteiger partial charge in [-0.05, 0) is 18.1 Å². The van der Waals surface area contributed by atoms with E-state index in [0.29, 0.717) is 50.4 Å². The Balaban J connectivity index is 1.73. The van der Waals surface area contributed by atoms with Crippen LogP contribution in [0.5, 0.6) is 11.5 Å². The summed E-state index contributed by atoms with van der Waals surface area (Å²) in [7, 11) is -3.63. The molecule has 0 aliphatic carbocycles. The molecule has 1 N–H and O–H groups in total. The highest BCUT2D eigenvalue weighted by atomic mass is 32.2. The van der Waals surface area contributed by atoms with Crippen molar-refractivity contribution in [3.63, 3.8) is 0 Å². The van der Waals surface area contributed by atoms with Crippen molar-refractivity contribution in [2.75, 3.05) is 46.1 Å². The minimum atomic E-state index is -3.63. The first-order valence-electron chi connectivity index (χ1n) is 10.3. The zero-order valence-corrected chi connectivity index (χ0v) is 17.7. The standard InChI is InChI=1S/C20H32N2O5S/c1-3-16(4-2)18(22-8-12-25-13-9-22)15-21-28(23,24)17-6-7-19-20(14-17)27-11-5-10-26-19/h6-7,14,16,18,21H,3-5,8-13,15H2,1-2H3. The Hall–Kier alpha value is -1.35. The molecule has 3 rings (SSSR count). The average molecular weight is 413 g/mol. The maximum atomic E-state index is 12.9. The first-order valence-corrected chi connectivity index (χ1v) is 11.7. The van der Waals surface area contributed by atoms with Crippen molar-refractivity contribution >= 4 is 10.0 Å². The predicted octanol–water partition coefficient (Wildman–Crippen LogP) is 2.26. The molecule has 1 fully saturated rings. The molecule has 1 unspecified atom stereocenters. The van der Waals surface area contributed by atoms with Crippen molar-refractivity contribution in [3.8, 4) is 11.5 Å². The average Bonchev–Trinajstić information content (AvgIpc) is 2.96. The molecule has 0 radical (unpaired) electrons. The maximum Gasteiger partial charge on any atom is 0.240 e. The molecule has 0 amide bonds. The van der Waals surface area contributed by atoms with E-state index in [1.54, 1.807) is 18.2 Å². The molecule has 1 atom stereocenters. The topological polar surface area (TPSA) is 77.1 Å². The first-order chi connectivity index (χ1) is 13.5. The lowest BCUT2D eigenvalue weighted by Gasteiger charge is -2.38. The van der Waals surface area contributed by atoms with Crippen molar-refractivity contribution in [2.45, 2.75) is 44.0 Å². The number of sulfonamides is 1. The number of rotatable bonds is 8. The maximum absolute atomic E-state index is 12.9. The Labute approximate surface area is 168 Å². The summed E-state index contributed by atoms with van der Waals surface area (Å²) in [5, 5.41) is 0. The van der Waals surface area contributed by atoms with Crippen molar-refractivity contribution in [1.82, 2.24) is 9.62 Å². The number of benzene rings is 1. The molecule has 1 aromatic carbocycles. The van der Waals surface area contributed by atoms with Crippen LogP contribution < -0.4 is 14.2 Å². The second-order valence-corrected chi connectivity index (χ2v) is 9.07. The Morgan fingerprint density at radius 2 is 1.71 bits per heavy atom. The van der Waals surface area contributed by atoms with Crippen LogP contribution in [0.1, 0.15) is 33.1 Å². The van der Waals surface area contributed by atoms with Gasteiger partial charge in [-0.3, -0.25) is 4.90 Å². The number of fused-ring (bicyclic) bond motifs is 1. The van der Waals surface area contributed by atoms with Gasteiger partial charge in [0.05, 0.1) is 31.3 Å². The molecular formula is C20H32N2O5S. The fourth-order valence-corrected chi connectivity index (χ4v) is 4.99. The van der Waals surface area contributed by atoms with Gasteiger partial charge >= 0.3 is 0 Å². The fourth-order valence-electron chi connectivity index (χ4n) is 3.93. The summed E-state index contributed by atoms with van der Waals surface area (Å²) >= 11 is 0. The van der Waals surface area contributed by atoms with Gasteiger partial charge in [0, 0.05) is 38.2 Å². The molecule has 0 spiro atoms. The molecule has 2 aliphatic rings. The van der Waals surface area contributed by atoms with Gasteiger partial charge in [0.1, 0.15) is 0 Å². The third kappa shape index (κ3) is 5.17. The summed E-state index contributed by atoms with van der Waals surface area (Å²) in [6, 6.07) is 4.98. The van der Waals surface area contributed by atoms with Crippen LogP contribution in [0.25, 0.3) is 0 Å². The number of hydrogen-bond donors (Lipinski definition) is 1. The van der Waals surface area contributed by atoms with Crippen LogP contribution in [0, 0.1) is 5.92 Å². The Kier molecular flexibility index (Phi) is 7.56. The molecule has 0 bridgehead atoms. The van der Waals surface area contributed by atoms with E-state index in [1.807, 2.05) is 0 Å². The number of hydrogen-bond acceptors (Lipinski definition) is 6. The molecule has 2 heterocycles. The second-order valence-electron chi connectivity index (χ2n) is 7.30. The molecule has 1 aromatic rings. The smallest absolute Gasteiger partial charge is 0.240 e. The van der Waals surface area contributed by atoms with E-state index in [9.17, 15) is 8.42 Å². The van der Waals surface area contributed by atoms with E-state index < -0.39 is 10.0 Å². The minimum absolute atomic E-state index is 0.161. The van der Waals surface area contributed by atoms with Crippen LogP contribution in [0.4, 0.5) is 0 Å². The quantitative estimate of drug-likeness (QED) is 0.706. The lowest BCUT2D eigenvalue weighted by Crippen LogP contribution is -2.52. The fraction of sp³-hybridized carbons (Fsp3) is 0.700. The van der Waals surface area contributed by atoms with E-state index in [2.05, 4.69) is 23.5 Å². The summed E-state index contributed by atoms with van der Waals surface area (Å²) in [5.41, 5.74) is 0. The van der Waals surface area contributed by atoms with Crippen LogP contribution in [0.15, 0.2) is 23.1 Å². The number of morpholine rings is 1. The largest absolute Gasteiger partial charge is 0.490 e. The van der Waals surface area contributed by atoms with E-state index >= 15 is 0 Å². The molecule has 2 aliphatic heterocycles. The third-order valence-electron chi connectivity index (χ3n) is 5.62. The monoisotopic (exact) mass is 412 g/mol. The lowest BCUT2D eigenvalue weighted by molar-refractivity contribution is 0.00297. The second kappa shape index (κ2) is 9.91. The van der Waals surface area contributed by atoms with E-state index in [4.69, 9.17) is 14.2 Å². The third-order valence-corrected chi connectivity index (χ3v) is 7.04. The summed E-state index contributed by atoms with van der Waals surface area (Å²) in [6.45, 7) is 8.91. The highest BCUT2D eigenvalue weighted by Gasteiger charge is 2.29. The van der Waals surface area contributed by atoms with Crippen LogP contribution >= 0.6 is 0 Å². The SMILES string of the molecule is CCC(CC)C(CNS(=O)(=O)c1ccc2c(c1)OCCCO2)N1CCOCC1. The first kappa shape index (κ1) is 21.4. The number of ether oxygens (including phenoxy) is 3. The highest BCUT2D eigenvalue weighted by molar-refractivity contribution is 7.89. The van der Waals surface area contributed by atoms with Crippen molar-refractivity contribution < 1.29 is 22.6 Å². The zero-order chi connectivity index (χ0) is 20.0. The predicted molar refractivity (Wildman–Crippen MR) is 107 cm³/mol. The van der Waals surface area contributed by atoms with Crippen molar-refractivity contribution in [1.29, 1.82) is 0 Å². The minimum Gasteiger partial charge on any atom is -0.490 e. The van der Waals surface area contributed by atoms with Crippen LogP contribution in [0.2, 0.25) is 0 Å². The molecule has 28 heavy (non-hydrogen) atoms. The number of nitrogens with zero attached hydrogens (tertiary/aromatic N) is 1.